The van der Waals surface area contributed by atoms with Crippen LogP contribution in [0.1, 0.15) is 53.4 Å². The summed E-state index contributed by atoms with van der Waals surface area (Å²) in [5, 5.41) is 0. The van der Waals surface area contributed by atoms with Gasteiger partial charge in [0, 0.05) is 12.8 Å². The van der Waals surface area contributed by atoms with Crippen LogP contribution < -0.4 is 0 Å². The van der Waals surface area contributed by atoms with Crippen molar-refractivity contribution in [2.45, 2.75) is 70.5 Å². The van der Waals surface area contributed by atoms with E-state index < -0.39 is 5.92 Å². The van der Waals surface area contributed by atoms with E-state index in [4.69, 9.17) is 9.31 Å². The minimum absolute atomic E-state index is 0.00856. The Bertz CT molecular complexity index is 340. The molecule has 19 heavy (non-hydrogen) atoms. The molecule has 0 amide bonds. The highest BCUT2D eigenvalue weighted by Crippen LogP contribution is 2.39. The van der Waals surface area contributed by atoms with Crippen LogP contribution in [0.5, 0.6) is 0 Å². The van der Waals surface area contributed by atoms with Gasteiger partial charge in [0.05, 0.1) is 11.2 Å². The third kappa shape index (κ3) is 3.37. The topological polar surface area (TPSA) is 18.5 Å². The molecular weight excluding hydrogens is 249 g/mol. The standard InChI is InChI=1S/C14H23BF2O2/c1-12(2)13(3,4)19-15(18-12)10-7-11-5-8-14(16,17)9-6-11/h7,10-11H,5-6,8-9H2,1-4H3/b10-7+. The van der Waals surface area contributed by atoms with Crippen LogP contribution in [-0.2, 0) is 9.31 Å². The van der Waals surface area contributed by atoms with E-state index >= 15 is 0 Å². The molecule has 0 aromatic rings. The summed E-state index contributed by atoms with van der Waals surface area (Å²) in [5.74, 6) is -0.363. The van der Waals surface area contributed by atoms with Gasteiger partial charge >= 0.3 is 7.12 Å². The first-order valence-corrected chi connectivity index (χ1v) is 7.03. The molecule has 1 saturated carbocycles. The normalized spacial score (nSPS) is 30.1. The van der Waals surface area contributed by atoms with Gasteiger partial charge in [-0.25, -0.2) is 8.78 Å². The highest BCUT2D eigenvalue weighted by molar-refractivity contribution is 6.51. The molecule has 1 aliphatic heterocycles. The van der Waals surface area contributed by atoms with Crippen LogP contribution in [0.3, 0.4) is 0 Å². The molecule has 0 unspecified atom stereocenters. The van der Waals surface area contributed by atoms with Gasteiger partial charge in [0.15, 0.2) is 0 Å². The van der Waals surface area contributed by atoms with Gasteiger partial charge in [0.1, 0.15) is 0 Å². The SMILES string of the molecule is CC1(C)OB(/C=C/C2CCC(F)(F)CC2)OC1(C)C. The lowest BCUT2D eigenvalue weighted by atomic mass is 9.82. The molecule has 1 aliphatic carbocycles. The van der Waals surface area contributed by atoms with Gasteiger partial charge in [0.25, 0.3) is 0 Å². The van der Waals surface area contributed by atoms with Gasteiger partial charge in [-0.2, -0.15) is 0 Å². The molecule has 1 heterocycles. The Morgan fingerprint density at radius 2 is 1.47 bits per heavy atom. The molecule has 2 aliphatic rings. The molecule has 0 radical (unpaired) electrons. The number of allylic oxidation sites excluding steroid dienone is 1. The minimum atomic E-state index is -2.46. The quantitative estimate of drug-likeness (QED) is 0.707. The number of halogens is 2. The molecular formula is C14H23BF2O2. The van der Waals surface area contributed by atoms with Crippen molar-refractivity contribution in [3.05, 3.63) is 12.1 Å². The first-order valence-electron chi connectivity index (χ1n) is 7.03. The summed E-state index contributed by atoms with van der Waals surface area (Å²) in [5.41, 5.74) is -0.691. The average molecular weight is 272 g/mol. The zero-order valence-corrected chi connectivity index (χ0v) is 12.2. The van der Waals surface area contributed by atoms with Crippen LogP contribution in [0.25, 0.3) is 0 Å². The molecule has 0 aromatic heterocycles. The molecule has 0 N–H and O–H groups in total. The lowest BCUT2D eigenvalue weighted by molar-refractivity contribution is -0.0411. The van der Waals surface area contributed by atoms with Crippen molar-refractivity contribution < 1.29 is 18.1 Å². The van der Waals surface area contributed by atoms with Gasteiger partial charge in [-0.1, -0.05) is 12.1 Å². The lowest BCUT2D eigenvalue weighted by Gasteiger charge is -2.32. The summed E-state index contributed by atoms with van der Waals surface area (Å²) >= 11 is 0. The second-order valence-corrected chi connectivity index (χ2v) is 6.70. The van der Waals surface area contributed by atoms with E-state index in [0.29, 0.717) is 12.8 Å². The zero-order valence-electron chi connectivity index (χ0n) is 12.2. The smallest absolute Gasteiger partial charge is 0.400 e. The molecule has 0 aromatic carbocycles. The van der Waals surface area contributed by atoms with E-state index in [0.717, 1.165) is 0 Å². The Kier molecular flexibility index (Phi) is 3.82. The van der Waals surface area contributed by atoms with Crippen LogP contribution in [0.15, 0.2) is 12.1 Å². The third-order valence-electron chi connectivity index (χ3n) is 4.57. The fraction of sp³-hybridized carbons (Fsp3) is 0.857. The largest absolute Gasteiger partial charge is 0.486 e. The molecule has 0 spiro atoms. The second-order valence-electron chi connectivity index (χ2n) is 6.70. The van der Waals surface area contributed by atoms with Crippen LogP contribution in [0, 0.1) is 5.92 Å². The number of hydrogen-bond donors (Lipinski definition) is 0. The van der Waals surface area contributed by atoms with Crippen molar-refractivity contribution in [2.24, 2.45) is 5.92 Å². The highest BCUT2D eigenvalue weighted by atomic mass is 19.3. The predicted octanol–water partition coefficient (Wildman–Crippen LogP) is 4.00. The summed E-state index contributed by atoms with van der Waals surface area (Å²) < 4.78 is 37.8. The van der Waals surface area contributed by atoms with Crippen molar-refractivity contribution in [1.82, 2.24) is 0 Å². The predicted molar refractivity (Wildman–Crippen MR) is 72.1 cm³/mol. The fourth-order valence-electron chi connectivity index (χ4n) is 2.47. The highest BCUT2D eigenvalue weighted by Gasteiger charge is 2.50. The maximum absolute atomic E-state index is 13.0. The first-order chi connectivity index (χ1) is 8.61. The Hall–Kier alpha value is -0.415. The maximum atomic E-state index is 13.0. The van der Waals surface area contributed by atoms with E-state index in [1.165, 1.54) is 0 Å². The summed E-state index contributed by atoms with van der Waals surface area (Å²) in [4.78, 5) is 0. The second kappa shape index (κ2) is 4.85. The molecule has 5 heteroatoms. The molecule has 2 nitrogen and oxygen atoms in total. The Morgan fingerprint density at radius 1 is 1.00 bits per heavy atom. The van der Waals surface area contributed by atoms with Gasteiger partial charge in [-0.3, -0.25) is 0 Å². The van der Waals surface area contributed by atoms with Crippen molar-refractivity contribution in [3.63, 3.8) is 0 Å². The van der Waals surface area contributed by atoms with Gasteiger partial charge in [0.2, 0.25) is 5.92 Å². The van der Waals surface area contributed by atoms with E-state index in [1.54, 1.807) is 0 Å². The van der Waals surface area contributed by atoms with Gasteiger partial charge in [-0.05, 0) is 46.5 Å². The minimum Gasteiger partial charge on any atom is -0.400 e. The Balaban J connectivity index is 1.88. The molecule has 1 saturated heterocycles. The fourth-order valence-corrected chi connectivity index (χ4v) is 2.47. The lowest BCUT2D eigenvalue weighted by Crippen LogP contribution is -2.41. The molecule has 2 rings (SSSR count). The molecule has 0 bridgehead atoms. The Labute approximate surface area is 114 Å². The zero-order chi connectivity index (χ0) is 14.3. The van der Waals surface area contributed by atoms with Gasteiger partial charge in [-0.15, -0.1) is 0 Å². The molecule has 0 atom stereocenters. The van der Waals surface area contributed by atoms with E-state index in [2.05, 4.69) is 0 Å². The number of rotatable bonds is 2. The molecule has 108 valence electrons. The number of alkyl halides is 2. The van der Waals surface area contributed by atoms with Crippen molar-refractivity contribution in [3.8, 4) is 0 Å². The van der Waals surface area contributed by atoms with E-state index in [9.17, 15) is 8.78 Å². The third-order valence-corrected chi connectivity index (χ3v) is 4.57. The Morgan fingerprint density at radius 3 is 1.95 bits per heavy atom. The van der Waals surface area contributed by atoms with Crippen LogP contribution in [-0.4, -0.2) is 24.2 Å². The van der Waals surface area contributed by atoms with Gasteiger partial charge < -0.3 is 9.31 Å². The van der Waals surface area contributed by atoms with Crippen molar-refractivity contribution in [2.75, 3.05) is 0 Å². The number of hydrogen-bond acceptors (Lipinski definition) is 2. The van der Waals surface area contributed by atoms with Crippen LogP contribution in [0.4, 0.5) is 8.78 Å². The van der Waals surface area contributed by atoms with E-state index in [1.807, 2.05) is 39.7 Å². The molecule has 2 fully saturated rings. The first kappa shape index (κ1) is 15.0. The summed E-state index contributed by atoms with van der Waals surface area (Å²) in [7, 11) is -0.368. The van der Waals surface area contributed by atoms with Crippen LogP contribution >= 0.6 is 0 Å². The summed E-state index contributed by atoms with van der Waals surface area (Å²) in [6, 6.07) is 0. The van der Waals surface area contributed by atoms with Crippen molar-refractivity contribution in [1.29, 1.82) is 0 Å². The average Bonchev–Trinajstić information content (AvgIpc) is 2.46. The van der Waals surface area contributed by atoms with E-state index in [-0.39, 0.29) is 37.1 Å². The summed E-state index contributed by atoms with van der Waals surface area (Å²) in [6.45, 7) is 8.01. The summed E-state index contributed by atoms with van der Waals surface area (Å²) in [6.07, 6.45) is 3.06. The maximum Gasteiger partial charge on any atom is 0.486 e. The van der Waals surface area contributed by atoms with Crippen molar-refractivity contribution >= 4 is 7.12 Å². The van der Waals surface area contributed by atoms with Crippen LogP contribution in [0.2, 0.25) is 0 Å². The monoisotopic (exact) mass is 272 g/mol.